The molecule has 5 heteroatoms. The maximum absolute atomic E-state index is 12.2. The van der Waals surface area contributed by atoms with Crippen molar-refractivity contribution in [3.05, 3.63) is 0 Å². The molecular formula is C14H25N3O2. The first-order chi connectivity index (χ1) is 9.06. The second-order valence-electron chi connectivity index (χ2n) is 5.87. The number of piperidine rings is 2. The predicted octanol–water partition coefficient (Wildman–Crippen LogP) is 0.502. The number of rotatable bonds is 2. The maximum Gasteiger partial charge on any atom is 0.223 e. The second kappa shape index (κ2) is 6.37. The fraction of sp³-hybridized carbons (Fsp3) is 0.857. The Labute approximate surface area is 115 Å². The molecule has 2 aliphatic heterocycles. The molecule has 2 N–H and O–H groups in total. The highest BCUT2D eigenvalue weighted by molar-refractivity contribution is 5.79. The van der Waals surface area contributed by atoms with Crippen molar-refractivity contribution in [2.75, 3.05) is 19.6 Å². The number of hydrogen-bond donors (Lipinski definition) is 2. The zero-order chi connectivity index (χ0) is 13.8. The van der Waals surface area contributed by atoms with Crippen LogP contribution in [0.1, 0.15) is 39.5 Å². The lowest BCUT2D eigenvalue weighted by atomic mass is 9.92. The summed E-state index contributed by atoms with van der Waals surface area (Å²) in [6.07, 6.45) is 3.62. The minimum absolute atomic E-state index is 0.136. The van der Waals surface area contributed by atoms with E-state index < -0.39 is 0 Å². The number of likely N-dealkylation sites (tertiary alicyclic amines) is 1. The van der Waals surface area contributed by atoms with Crippen LogP contribution in [0.25, 0.3) is 0 Å². The third kappa shape index (κ3) is 3.93. The average molecular weight is 267 g/mol. The van der Waals surface area contributed by atoms with Gasteiger partial charge in [-0.15, -0.1) is 0 Å². The van der Waals surface area contributed by atoms with Crippen molar-refractivity contribution >= 4 is 11.8 Å². The van der Waals surface area contributed by atoms with Crippen LogP contribution >= 0.6 is 0 Å². The topological polar surface area (TPSA) is 61.4 Å². The number of nitrogens with one attached hydrogen (secondary N) is 2. The Balaban J connectivity index is 1.75. The van der Waals surface area contributed by atoms with Gasteiger partial charge in [-0.3, -0.25) is 9.59 Å². The summed E-state index contributed by atoms with van der Waals surface area (Å²) in [6.45, 7) is 6.20. The summed E-state index contributed by atoms with van der Waals surface area (Å²) in [5.41, 5.74) is 0. The number of hydrogen-bond acceptors (Lipinski definition) is 3. The molecule has 2 amide bonds. The normalized spacial score (nSPS) is 29.1. The van der Waals surface area contributed by atoms with Gasteiger partial charge in [0.2, 0.25) is 11.8 Å². The summed E-state index contributed by atoms with van der Waals surface area (Å²) in [6, 6.07) is 0.678. The summed E-state index contributed by atoms with van der Waals surface area (Å²) < 4.78 is 0. The van der Waals surface area contributed by atoms with Crippen molar-refractivity contribution in [3.8, 4) is 0 Å². The van der Waals surface area contributed by atoms with E-state index in [1.165, 1.54) is 0 Å². The van der Waals surface area contributed by atoms with E-state index in [1.54, 1.807) is 6.92 Å². The lowest BCUT2D eigenvalue weighted by molar-refractivity contribution is -0.130. The third-order valence-electron chi connectivity index (χ3n) is 4.28. The van der Waals surface area contributed by atoms with Gasteiger partial charge in [0.15, 0.2) is 0 Å². The molecule has 19 heavy (non-hydrogen) atoms. The quantitative estimate of drug-likeness (QED) is 0.766. The SMILES string of the molecule is CC(=O)N1CCC(NC(=O)C2CCNC(C)C2)CC1. The lowest BCUT2D eigenvalue weighted by Gasteiger charge is -2.33. The van der Waals surface area contributed by atoms with Gasteiger partial charge in [-0.05, 0) is 39.2 Å². The Morgan fingerprint density at radius 3 is 2.47 bits per heavy atom. The number of nitrogens with zero attached hydrogens (tertiary/aromatic N) is 1. The molecule has 2 rings (SSSR count). The molecule has 2 aliphatic rings. The van der Waals surface area contributed by atoms with Crippen molar-refractivity contribution in [1.29, 1.82) is 0 Å². The summed E-state index contributed by atoms with van der Waals surface area (Å²) in [4.78, 5) is 25.3. The molecule has 2 atom stereocenters. The van der Waals surface area contributed by atoms with Crippen LogP contribution in [0.5, 0.6) is 0 Å². The molecule has 0 radical (unpaired) electrons. The van der Waals surface area contributed by atoms with Crippen LogP contribution in [0.15, 0.2) is 0 Å². The van der Waals surface area contributed by atoms with Gasteiger partial charge in [0, 0.05) is 38.0 Å². The van der Waals surface area contributed by atoms with Crippen molar-refractivity contribution in [2.45, 2.75) is 51.6 Å². The van der Waals surface area contributed by atoms with E-state index in [0.29, 0.717) is 6.04 Å². The van der Waals surface area contributed by atoms with E-state index in [2.05, 4.69) is 17.6 Å². The van der Waals surface area contributed by atoms with Gasteiger partial charge in [0.1, 0.15) is 0 Å². The minimum Gasteiger partial charge on any atom is -0.353 e. The van der Waals surface area contributed by atoms with Crippen LogP contribution in [-0.2, 0) is 9.59 Å². The fourth-order valence-electron chi connectivity index (χ4n) is 3.03. The number of amides is 2. The molecule has 0 aromatic carbocycles. The molecule has 0 aliphatic carbocycles. The molecule has 0 spiro atoms. The smallest absolute Gasteiger partial charge is 0.223 e. The number of carbonyl (C=O) groups is 2. The molecule has 0 saturated carbocycles. The van der Waals surface area contributed by atoms with E-state index >= 15 is 0 Å². The van der Waals surface area contributed by atoms with Crippen molar-refractivity contribution in [1.82, 2.24) is 15.5 Å². The Kier molecular flexibility index (Phi) is 4.80. The Hall–Kier alpha value is -1.10. The average Bonchev–Trinajstić information content (AvgIpc) is 2.39. The lowest BCUT2D eigenvalue weighted by Crippen LogP contribution is -2.49. The Morgan fingerprint density at radius 2 is 1.89 bits per heavy atom. The van der Waals surface area contributed by atoms with Crippen LogP contribution in [0.4, 0.5) is 0 Å². The van der Waals surface area contributed by atoms with Crippen molar-refractivity contribution in [3.63, 3.8) is 0 Å². The Morgan fingerprint density at radius 1 is 1.21 bits per heavy atom. The van der Waals surface area contributed by atoms with E-state index in [-0.39, 0.29) is 23.8 Å². The van der Waals surface area contributed by atoms with Gasteiger partial charge in [0.25, 0.3) is 0 Å². The monoisotopic (exact) mass is 267 g/mol. The molecule has 5 nitrogen and oxygen atoms in total. The highest BCUT2D eigenvalue weighted by Gasteiger charge is 2.28. The first-order valence-electron chi connectivity index (χ1n) is 7.35. The zero-order valence-electron chi connectivity index (χ0n) is 11.9. The van der Waals surface area contributed by atoms with Gasteiger partial charge < -0.3 is 15.5 Å². The highest BCUT2D eigenvalue weighted by atomic mass is 16.2. The highest BCUT2D eigenvalue weighted by Crippen LogP contribution is 2.18. The standard InChI is InChI=1S/C14H25N3O2/c1-10-9-12(3-6-15-10)14(19)16-13-4-7-17(8-5-13)11(2)18/h10,12-13,15H,3-9H2,1-2H3,(H,16,19). The third-order valence-corrected chi connectivity index (χ3v) is 4.28. The second-order valence-corrected chi connectivity index (χ2v) is 5.87. The maximum atomic E-state index is 12.2. The molecule has 2 heterocycles. The van der Waals surface area contributed by atoms with E-state index in [0.717, 1.165) is 45.3 Å². The minimum atomic E-state index is 0.136. The molecule has 2 fully saturated rings. The summed E-state index contributed by atoms with van der Waals surface area (Å²) in [5.74, 6) is 0.494. The van der Waals surface area contributed by atoms with Gasteiger partial charge in [-0.25, -0.2) is 0 Å². The van der Waals surface area contributed by atoms with Crippen molar-refractivity contribution in [2.24, 2.45) is 5.92 Å². The van der Waals surface area contributed by atoms with Gasteiger partial charge >= 0.3 is 0 Å². The largest absolute Gasteiger partial charge is 0.353 e. The molecule has 2 saturated heterocycles. The summed E-state index contributed by atoms with van der Waals surface area (Å²) in [5, 5.41) is 6.53. The van der Waals surface area contributed by atoms with Crippen LogP contribution in [-0.4, -0.2) is 48.4 Å². The zero-order valence-corrected chi connectivity index (χ0v) is 11.9. The van der Waals surface area contributed by atoms with Crippen LogP contribution < -0.4 is 10.6 Å². The molecule has 108 valence electrons. The van der Waals surface area contributed by atoms with Gasteiger partial charge in [-0.2, -0.15) is 0 Å². The van der Waals surface area contributed by atoms with E-state index in [4.69, 9.17) is 0 Å². The molecule has 0 bridgehead atoms. The van der Waals surface area contributed by atoms with Crippen molar-refractivity contribution < 1.29 is 9.59 Å². The van der Waals surface area contributed by atoms with E-state index in [1.807, 2.05) is 4.90 Å². The molecule has 0 aromatic heterocycles. The number of carbonyl (C=O) groups excluding carboxylic acids is 2. The van der Waals surface area contributed by atoms with Crippen LogP contribution in [0.2, 0.25) is 0 Å². The first-order valence-corrected chi connectivity index (χ1v) is 7.35. The summed E-state index contributed by atoms with van der Waals surface area (Å²) in [7, 11) is 0. The molecule has 0 aromatic rings. The first kappa shape index (κ1) is 14.3. The van der Waals surface area contributed by atoms with Crippen LogP contribution in [0.3, 0.4) is 0 Å². The fourth-order valence-corrected chi connectivity index (χ4v) is 3.03. The molecule has 2 unspecified atom stereocenters. The molecular weight excluding hydrogens is 242 g/mol. The van der Waals surface area contributed by atoms with E-state index in [9.17, 15) is 9.59 Å². The summed E-state index contributed by atoms with van der Waals surface area (Å²) >= 11 is 0. The van der Waals surface area contributed by atoms with Gasteiger partial charge in [0.05, 0.1) is 0 Å². The Bertz CT molecular complexity index is 338. The van der Waals surface area contributed by atoms with Crippen LogP contribution in [0, 0.1) is 5.92 Å². The predicted molar refractivity (Wildman–Crippen MR) is 73.6 cm³/mol. The van der Waals surface area contributed by atoms with Gasteiger partial charge in [-0.1, -0.05) is 0 Å².